The van der Waals surface area contributed by atoms with Gasteiger partial charge in [-0.2, -0.15) is 5.26 Å². The molecule has 6 nitrogen and oxygen atoms in total. The van der Waals surface area contributed by atoms with Gasteiger partial charge in [-0.25, -0.2) is 0 Å². The van der Waals surface area contributed by atoms with E-state index >= 15 is 0 Å². The van der Waals surface area contributed by atoms with Gasteiger partial charge in [0.25, 0.3) is 5.91 Å². The van der Waals surface area contributed by atoms with E-state index in [1.165, 1.54) is 6.20 Å². The monoisotopic (exact) mass is 330 g/mol. The first-order valence-corrected chi connectivity index (χ1v) is 8.06. The summed E-state index contributed by atoms with van der Waals surface area (Å²) in [5.41, 5.74) is 3.10. The molecule has 0 fully saturated rings. The van der Waals surface area contributed by atoms with E-state index in [0.717, 1.165) is 30.0 Å². The van der Waals surface area contributed by atoms with Gasteiger partial charge >= 0.3 is 0 Å². The third kappa shape index (κ3) is 5.60. The number of nitrogens with zero attached hydrogens (tertiary/aromatic N) is 2. The zero-order valence-corrected chi connectivity index (χ0v) is 14.8. The molecule has 1 aromatic carbocycles. The fourth-order valence-corrected chi connectivity index (χ4v) is 2.26. The number of carbonyl (C=O) groups excluding carboxylic acids is 1. The van der Waals surface area contributed by atoms with Crippen molar-refractivity contribution in [2.75, 3.05) is 43.6 Å². The Hall–Kier alpha value is -2.52. The van der Waals surface area contributed by atoms with Gasteiger partial charge in [-0.1, -0.05) is 0 Å². The maximum atomic E-state index is 11.9. The highest BCUT2D eigenvalue weighted by Crippen LogP contribution is 2.22. The molecule has 0 aliphatic carbocycles. The molecule has 0 saturated heterocycles. The fourth-order valence-electron chi connectivity index (χ4n) is 2.26. The molecule has 24 heavy (non-hydrogen) atoms. The van der Waals surface area contributed by atoms with E-state index in [-0.39, 0.29) is 5.57 Å². The summed E-state index contributed by atoms with van der Waals surface area (Å²) in [6.07, 6.45) is 1.43. The molecule has 1 rings (SSSR count). The molecule has 130 valence electrons. The zero-order valence-electron chi connectivity index (χ0n) is 14.8. The number of carbonyl (C=O) groups is 1. The molecule has 0 saturated carbocycles. The van der Waals surface area contributed by atoms with Crippen LogP contribution in [0.1, 0.15) is 19.4 Å². The molecule has 6 heteroatoms. The van der Waals surface area contributed by atoms with Crippen LogP contribution < -0.4 is 15.5 Å². The molecule has 0 heterocycles. The van der Waals surface area contributed by atoms with E-state index in [1.807, 2.05) is 25.1 Å². The lowest BCUT2D eigenvalue weighted by Gasteiger charge is -2.22. The van der Waals surface area contributed by atoms with Crippen molar-refractivity contribution < 1.29 is 9.53 Å². The van der Waals surface area contributed by atoms with Gasteiger partial charge in [-0.3, -0.25) is 4.79 Å². The van der Waals surface area contributed by atoms with Gasteiger partial charge < -0.3 is 20.3 Å². The second kappa shape index (κ2) is 10.3. The summed E-state index contributed by atoms with van der Waals surface area (Å²) in [5.74, 6) is -0.417. The minimum absolute atomic E-state index is 0.0262. The third-order valence-corrected chi connectivity index (χ3v) is 3.67. The average molecular weight is 330 g/mol. The molecule has 0 aromatic heterocycles. The molecular weight excluding hydrogens is 304 g/mol. The van der Waals surface area contributed by atoms with E-state index in [0.29, 0.717) is 13.2 Å². The van der Waals surface area contributed by atoms with Crippen LogP contribution in [0.5, 0.6) is 0 Å². The number of anilines is 2. The summed E-state index contributed by atoms with van der Waals surface area (Å²) in [6.45, 7) is 8.90. The Morgan fingerprint density at radius 3 is 2.62 bits per heavy atom. The van der Waals surface area contributed by atoms with Crippen LogP contribution in [0.4, 0.5) is 11.4 Å². The van der Waals surface area contributed by atoms with E-state index in [9.17, 15) is 4.79 Å². The number of methoxy groups -OCH3 is 1. The standard InChI is InChI=1S/C18H26N4O2/c1-5-22(6-2)16-7-8-17(14(3)11-16)21-13-15(12-19)18(23)20-9-10-24-4/h7-8,11,13,21H,5-6,9-10H2,1-4H3,(H,20,23)/b15-13-. The van der Waals surface area contributed by atoms with Gasteiger partial charge in [0, 0.05) is 44.3 Å². The Bertz CT molecular complexity index is 616. The predicted molar refractivity (Wildman–Crippen MR) is 96.9 cm³/mol. The normalized spacial score (nSPS) is 10.9. The van der Waals surface area contributed by atoms with Crippen LogP contribution >= 0.6 is 0 Å². The van der Waals surface area contributed by atoms with Crippen molar-refractivity contribution in [1.82, 2.24) is 5.32 Å². The quantitative estimate of drug-likeness (QED) is 0.413. The number of nitrogens with one attached hydrogen (secondary N) is 2. The number of aryl methyl sites for hydroxylation is 1. The third-order valence-electron chi connectivity index (χ3n) is 3.67. The van der Waals surface area contributed by atoms with Gasteiger partial charge in [0.1, 0.15) is 11.6 Å². The van der Waals surface area contributed by atoms with Crippen molar-refractivity contribution in [3.8, 4) is 6.07 Å². The molecule has 2 N–H and O–H groups in total. The minimum atomic E-state index is -0.417. The van der Waals surface area contributed by atoms with Crippen molar-refractivity contribution in [2.45, 2.75) is 20.8 Å². The average Bonchev–Trinajstić information content (AvgIpc) is 2.58. The minimum Gasteiger partial charge on any atom is -0.383 e. The summed E-state index contributed by atoms with van der Waals surface area (Å²) >= 11 is 0. The Morgan fingerprint density at radius 2 is 2.08 bits per heavy atom. The second-order valence-corrected chi connectivity index (χ2v) is 5.23. The van der Waals surface area contributed by atoms with Crippen molar-refractivity contribution >= 4 is 17.3 Å². The molecule has 0 bridgehead atoms. The van der Waals surface area contributed by atoms with Crippen LogP contribution in [0.3, 0.4) is 0 Å². The van der Waals surface area contributed by atoms with E-state index in [1.54, 1.807) is 7.11 Å². The van der Waals surface area contributed by atoms with E-state index in [2.05, 4.69) is 35.4 Å². The van der Waals surface area contributed by atoms with Crippen LogP contribution in [0, 0.1) is 18.3 Å². The largest absolute Gasteiger partial charge is 0.383 e. The highest BCUT2D eigenvalue weighted by molar-refractivity contribution is 5.97. The first-order valence-electron chi connectivity index (χ1n) is 8.06. The number of ether oxygens (including phenoxy) is 1. The highest BCUT2D eigenvalue weighted by atomic mass is 16.5. The van der Waals surface area contributed by atoms with Crippen LogP contribution in [0.2, 0.25) is 0 Å². The van der Waals surface area contributed by atoms with Crippen LogP contribution in [-0.2, 0) is 9.53 Å². The lowest BCUT2D eigenvalue weighted by Crippen LogP contribution is -2.28. The molecular formula is C18H26N4O2. The summed E-state index contributed by atoms with van der Waals surface area (Å²) in [7, 11) is 1.55. The van der Waals surface area contributed by atoms with E-state index in [4.69, 9.17) is 10.00 Å². The second-order valence-electron chi connectivity index (χ2n) is 5.23. The van der Waals surface area contributed by atoms with E-state index < -0.39 is 5.91 Å². The number of nitriles is 1. The number of amides is 1. The molecule has 0 aliphatic rings. The first kappa shape index (κ1) is 19.5. The van der Waals surface area contributed by atoms with Gasteiger partial charge in [-0.05, 0) is 44.5 Å². The Kier molecular flexibility index (Phi) is 8.37. The van der Waals surface area contributed by atoms with Gasteiger partial charge in [0.05, 0.1) is 6.61 Å². The molecule has 0 radical (unpaired) electrons. The van der Waals surface area contributed by atoms with Crippen molar-refractivity contribution in [1.29, 1.82) is 5.26 Å². The van der Waals surface area contributed by atoms with Crippen molar-refractivity contribution in [3.05, 3.63) is 35.5 Å². The van der Waals surface area contributed by atoms with Gasteiger partial charge in [0.2, 0.25) is 0 Å². The number of rotatable bonds is 9. The number of benzene rings is 1. The SMILES string of the molecule is CCN(CC)c1ccc(N/C=C(/C#N)C(=O)NCCOC)c(C)c1. The summed E-state index contributed by atoms with van der Waals surface area (Å²) < 4.78 is 4.86. The zero-order chi connectivity index (χ0) is 17.9. The lowest BCUT2D eigenvalue weighted by atomic mass is 10.1. The van der Waals surface area contributed by atoms with Crippen LogP contribution in [0.25, 0.3) is 0 Å². The Morgan fingerprint density at radius 1 is 1.38 bits per heavy atom. The van der Waals surface area contributed by atoms with Crippen molar-refractivity contribution in [3.63, 3.8) is 0 Å². The van der Waals surface area contributed by atoms with Gasteiger partial charge in [0.15, 0.2) is 0 Å². The van der Waals surface area contributed by atoms with Crippen LogP contribution in [0.15, 0.2) is 30.0 Å². The first-order chi connectivity index (χ1) is 11.6. The summed E-state index contributed by atoms with van der Waals surface area (Å²) in [5, 5.41) is 14.8. The molecule has 1 aromatic rings. The number of hydrogen-bond donors (Lipinski definition) is 2. The van der Waals surface area contributed by atoms with Crippen molar-refractivity contribution in [2.24, 2.45) is 0 Å². The molecule has 1 amide bonds. The summed E-state index contributed by atoms with van der Waals surface area (Å²) in [4.78, 5) is 14.1. The topological polar surface area (TPSA) is 77.4 Å². The Labute approximate surface area is 144 Å². The lowest BCUT2D eigenvalue weighted by molar-refractivity contribution is -0.117. The highest BCUT2D eigenvalue weighted by Gasteiger charge is 2.09. The van der Waals surface area contributed by atoms with Crippen LogP contribution in [-0.4, -0.2) is 39.3 Å². The number of hydrogen-bond acceptors (Lipinski definition) is 5. The Balaban J connectivity index is 2.80. The maximum absolute atomic E-state index is 11.9. The molecule has 0 unspecified atom stereocenters. The smallest absolute Gasteiger partial charge is 0.263 e. The summed E-state index contributed by atoms with van der Waals surface area (Å²) in [6, 6.07) is 7.98. The predicted octanol–water partition coefficient (Wildman–Crippen LogP) is 2.42. The molecule has 0 aliphatic heterocycles. The maximum Gasteiger partial charge on any atom is 0.263 e. The molecule has 0 spiro atoms. The fraction of sp³-hybridized carbons (Fsp3) is 0.444. The van der Waals surface area contributed by atoms with Gasteiger partial charge in [-0.15, -0.1) is 0 Å². The molecule has 0 atom stereocenters.